The lowest BCUT2D eigenvalue weighted by Crippen LogP contribution is -2.33. The molecule has 0 radical (unpaired) electrons. The minimum atomic E-state index is -1.38. The smallest absolute Gasteiger partial charge is 0.338 e. The van der Waals surface area contributed by atoms with Gasteiger partial charge in [-0.3, -0.25) is 4.57 Å². The van der Waals surface area contributed by atoms with Crippen molar-refractivity contribution in [2.45, 2.75) is 42.7 Å². The van der Waals surface area contributed by atoms with Crippen LogP contribution in [0.15, 0.2) is 29.7 Å². The van der Waals surface area contributed by atoms with Crippen LogP contribution in [0, 0.1) is 0 Å². The molecule has 3 heterocycles. The highest BCUT2D eigenvalue weighted by Gasteiger charge is 2.45. The van der Waals surface area contributed by atoms with E-state index in [-0.39, 0.29) is 57.4 Å². The molecule has 6 N–H and O–H groups in total. The van der Waals surface area contributed by atoms with Crippen molar-refractivity contribution in [3.8, 4) is 5.75 Å². The number of rotatable bonds is 10. The number of nitrogens with two attached hydrogens (primary N) is 1. The van der Waals surface area contributed by atoms with Crippen LogP contribution in [0.4, 0.5) is 5.82 Å². The Hall–Kier alpha value is -2.72. The molecule has 3 aromatic rings. The molecule has 0 amide bonds. The number of benzene rings is 1. The molecule has 0 spiro atoms. The van der Waals surface area contributed by atoms with E-state index in [2.05, 4.69) is 15.0 Å². The number of thioether (sulfide) groups is 1. The van der Waals surface area contributed by atoms with E-state index in [4.69, 9.17) is 31.5 Å². The number of anilines is 1. The largest absolute Gasteiger partial charge is 0.489 e. The number of ether oxygens (including phenoxy) is 3. The van der Waals surface area contributed by atoms with Gasteiger partial charge < -0.3 is 40.4 Å². The molecule has 0 bridgehead atoms. The summed E-state index contributed by atoms with van der Waals surface area (Å²) < 4.78 is 17.6. The van der Waals surface area contributed by atoms with Crippen LogP contribution < -0.4 is 10.5 Å². The topological polar surface area (TPSA) is 195 Å². The Kier molecular flexibility index (Phi) is 8.69. The number of hydrogen-bond donors (Lipinski definition) is 5. The molecule has 0 saturated carbocycles. The number of aliphatic hydroxyl groups is 4. The Balaban J connectivity index is 1.46. The number of hydrogen-bond acceptors (Lipinski definition) is 13. The van der Waals surface area contributed by atoms with Crippen LogP contribution in [0.1, 0.15) is 23.5 Å². The minimum absolute atomic E-state index is 0.0992. The number of imidazole rings is 1. The third-order valence-electron chi connectivity index (χ3n) is 5.52. The quantitative estimate of drug-likeness (QED) is 0.170. The van der Waals surface area contributed by atoms with Gasteiger partial charge in [0.2, 0.25) is 0 Å². The lowest BCUT2D eigenvalue weighted by Gasteiger charge is -2.19. The summed E-state index contributed by atoms with van der Waals surface area (Å²) in [6, 6.07) is 4.44. The molecule has 0 aliphatic carbocycles. The Labute approximate surface area is 220 Å². The third kappa shape index (κ3) is 5.75. The van der Waals surface area contributed by atoms with Crippen molar-refractivity contribution in [3.63, 3.8) is 0 Å². The maximum atomic E-state index is 11.8. The van der Waals surface area contributed by atoms with E-state index in [1.807, 2.05) is 0 Å². The van der Waals surface area contributed by atoms with Crippen LogP contribution in [-0.4, -0.2) is 95.9 Å². The predicted octanol–water partition coefficient (Wildman–Crippen LogP) is 0.382. The van der Waals surface area contributed by atoms with Crippen molar-refractivity contribution in [2.24, 2.45) is 0 Å². The SMILES string of the molecule is CCOC(=O)c1ccc(OCC(O)CSc2nc3c(N)ncnc3n2[C@@H]2O[C@H](CO)[C@@H](O)[C@H]2O)c(Cl)c1. The van der Waals surface area contributed by atoms with Crippen molar-refractivity contribution in [3.05, 3.63) is 35.1 Å². The van der Waals surface area contributed by atoms with Crippen LogP contribution in [-0.2, 0) is 9.47 Å². The van der Waals surface area contributed by atoms with Crippen molar-refractivity contribution in [2.75, 3.05) is 31.3 Å². The van der Waals surface area contributed by atoms with Gasteiger partial charge in [0.15, 0.2) is 28.4 Å². The van der Waals surface area contributed by atoms with Crippen molar-refractivity contribution in [1.82, 2.24) is 19.5 Å². The van der Waals surface area contributed by atoms with E-state index in [1.165, 1.54) is 29.1 Å². The fourth-order valence-corrected chi connectivity index (χ4v) is 4.85. The normalized spacial score (nSPS) is 22.3. The molecular weight excluding hydrogens is 530 g/mol. The monoisotopic (exact) mass is 555 g/mol. The zero-order chi connectivity index (χ0) is 26.7. The number of nitrogens with zero attached hydrogens (tertiary/aromatic N) is 4. The maximum Gasteiger partial charge on any atom is 0.338 e. The number of carbonyl (C=O) groups is 1. The zero-order valence-corrected chi connectivity index (χ0v) is 21.2. The van der Waals surface area contributed by atoms with Crippen LogP contribution in [0.3, 0.4) is 0 Å². The van der Waals surface area contributed by atoms with Crippen LogP contribution >= 0.6 is 23.4 Å². The van der Waals surface area contributed by atoms with Gasteiger partial charge in [0.25, 0.3) is 0 Å². The first-order valence-electron chi connectivity index (χ1n) is 11.3. The molecule has 2 aromatic heterocycles. The van der Waals surface area contributed by atoms with E-state index in [1.54, 1.807) is 6.92 Å². The van der Waals surface area contributed by atoms with E-state index in [0.717, 1.165) is 11.8 Å². The van der Waals surface area contributed by atoms with E-state index in [9.17, 15) is 25.2 Å². The standard InChI is InChI=1S/C22H26ClN5O8S/c1-2-34-21(33)10-3-4-13(12(23)5-10)35-7-11(30)8-37-22-27-15-18(24)25-9-26-19(15)28(22)20-17(32)16(31)14(6-29)36-20/h3-5,9,11,14,16-17,20,29-32H,2,6-8H2,1H3,(H2,24,25,26)/t11?,14-,16-,17-,20-/m1/s1. The summed E-state index contributed by atoms with van der Waals surface area (Å²) >= 11 is 7.31. The lowest BCUT2D eigenvalue weighted by atomic mass is 10.1. The summed E-state index contributed by atoms with van der Waals surface area (Å²) in [5.74, 6) is -0.0262. The van der Waals surface area contributed by atoms with Gasteiger partial charge in [-0.2, -0.15) is 0 Å². The molecule has 1 aromatic carbocycles. The number of aliphatic hydroxyl groups excluding tert-OH is 4. The van der Waals surface area contributed by atoms with Crippen LogP contribution in [0.5, 0.6) is 5.75 Å². The first-order valence-corrected chi connectivity index (χ1v) is 12.6. The van der Waals surface area contributed by atoms with E-state index in [0.29, 0.717) is 0 Å². The number of nitrogen functional groups attached to an aromatic ring is 1. The minimum Gasteiger partial charge on any atom is -0.489 e. The van der Waals surface area contributed by atoms with E-state index < -0.39 is 43.2 Å². The molecule has 5 atom stereocenters. The van der Waals surface area contributed by atoms with Gasteiger partial charge in [0.1, 0.15) is 37.0 Å². The second-order valence-corrected chi connectivity index (χ2v) is 9.46. The number of carbonyl (C=O) groups excluding carboxylic acids is 1. The molecule has 1 fully saturated rings. The summed E-state index contributed by atoms with van der Waals surface area (Å²) in [4.78, 5) is 24.4. The molecule has 37 heavy (non-hydrogen) atoms. The molecule has 1 saturated heterocycles. The third-order valence-corrected chi connectivity index (χ3v) is 6.92. The second-order valence-electron chi connectivity index (χ2n) is 8.07. The molecule has 1 unspecified atom stereocenters. The maximum absolute atomic E-state index is 11.8. The average Bonchev–Trinajstić information content (AvgIpc) is 3.39. The Bertz CT molecular complexity index is 1260. The fourth-order valence-electron chi connectivity index (χ4n) is 3.69. The van der Waals surface area contributed by atoms with Gasteiger partial charge in [-0.05, 0) is 25.1 Å². The fraction of sp³-hybridized carbons (Fsp3) is 0.455. The van der Waals surface area contributed by atoms with Crippen LogP contribution in [0.2, 0.25) is 5.02 Å². The number of esters is 1. The van der Waals surface area contributed by atoms with Crippen LogP contribution in [0.25, 0.3) is 11.2 Å². The highest BCUT2D eigenvalue weighted by molar-refractivity contribution is 7.99. The highest BCUT2D eigenvalue weighted by Crippen LogP contribution is 2.36. The van der Waals surface area contributed by atoms with Gasteiger partial charge in [-0.25, -0.2) is 19.7 Å². The molecule has 1 aliphatic heterocycles. The van der Waals surface area contributed by atoms with Gasteiger partial charge >= 0.3 is 5.97 Å². The number of aromatic nitrogens is 4. The lowest BCUT2D eigenvalue weighted by molar-refractivity contribution is -0.0548. The number of halogens is 1. The summed E-state index contributed by atoms with van der Waals surface area (Å²) in [5.41, 5.74) is 6.73. The van der Waals surface area contributed by atoms with Gasteiger partial charge in [-0.1, -0.05) is 23.4 Å². The molecular formula is C22H26ClN5O8S. The molecule has 1 aliphatic rings. The predicted molar refractivity (Wildman–Crippen MR) is 132 cm³/mol. The zero-order valence-electron chi connectivity index (χ0n) is 19.6. The first kappa shape index (κ1) is 27.3. The molecule has 15 heteroatoms. The Morgan fingerprint density at radius 1 is 1.32 bits per heavy atom. The van der Waals surface area contributed by atoms with Gasteiger partial charge in [-0.15, -0.1) is 0 Å². The second kappa shape index (κ2) is 11.8. The van der Waals surface area contributed by atoms with E-state index >= 15 is 0 Å². The van der Waals surface area contributed by atoms with Gasteiger partial charge in [0, 0.05) is 5.75 Å². The summed E-state index contributed by atoms with van der Waals surface area (Å²) in [5, 5.41) is 41.2. The van der Waals surface area contributed by atoms with Crippen molar-refractivity contribution in [1.29, 1.82) is 0 Å². The van der Waals surface area contributed by atoms with Crippen molar-refractivity contribution < 1.29 is 39.4 Å². The summed E-state index contributed by atoms with van der Waals surface area (Å²) in [7, 11) is 0. The molecule has 13 nitrogen and oxygen atoms in total. The first-order chi connectivity index (χ1) is 17.7. The average molecular weight is 556 g/mol. The van der Waals surface area contributed by atoms with Gasteiger partial charge in [0.05, 0.1) is 29.9 Å². The highest BCUT2D eigenvalue weighted by atomic mass is 35.5. The Morgan fingerprint density at radius 2 is 2.11 bits per heavy atom. The summed E-state index contributed by atoms with van der Waals surface area (Å²) in [6.07, 6.45) is -4.58. The summed E-state index contributed by atoms with van der Waals surface area (Å²) in [6.45, 7) is 1.31. The molecule has 200 valence electrons. The number of fused-ring (bicyclic) bond motifs is 1. The van der Waals surface area contributed by atoms with Crippen molar-refractivity contribution >= 4 is 46.3 Å². The Morgan fingerprint density at radius 3 is 2.78 bits per heavy atom. The molecule has 4 rings (SSSR count).